The molecule has 0 atom stereocenters. The van der Waals surface area contributed by atoms with Crippen molar-refractivity contribution in [2.75, 3.05) is 31.0 Å². The fourth-order valence-electron chi connectivity index (χ4n) is 3.66. The van der Waals surface area contributed by atoms with Crippen molar-refractivity contribution in [3.05, 3.63) is 77.9 Å². The van der Waals surface area contributed by atoms with Crippen LogP contribution in [0.1, 0.15) is 25.0 Å². The molecule has 0 fully saturated rings. The number of benzene rings is 3. The number of methoxy groups -OCH3 is 1. The van der Waals surface area contributed by atoms with Crippen LogP contribution < -0.4 is 24.8 Å². The van der Waals surface area contributed by atoms with E-state index < -0.39 is 0 Å². The fourth-order valence-corrected chi connectivity index (χ4v) is 3.66. The summed E-state index contributed by atoms with van der Waals surface area (Å²) >= 11 is 0. The van der Waals surface area contributed by atoms with Crippen LogP contribution in [0.5, 0.6) is 17.2 Å². The summed E-state index contributed by atoms with van der Waals surface area (Å²) in [6, 6.07) is 21.1. The second-order valence-electron chi connectivity index (χ2n) is 7.13. The van der Waals surface area contributed by atoms with Crippen LogP contribution in [0.2, 0.25) is 0 Å². The SMILES string of the molecule is CCOc1cc2c(cc1OCC)C(=C(Nc1ccc(OC)cc1)c1ccccc1)C(=O)N2. The van der Waals surface area contributed by atoms with Crippen molar-refractivity contribution in [3.8, 4) is 17.2 Å². The van der Waals surface area contributed by atoms with E-state index in [1.54, 1.807) is 7.11 Å². The van der Waals surface area contributed by atoms with Gasteiger partial charge in [0, 0.05) is 17.3 Å². The highest BCUT2D eigenvalue weighted by molar-refractivity contribution is 6.37. The molecule has 0 saturated carbocycles. The first-order valence-electron chi connectivity index (χ1n) is 10.6. The van der Waals surface area contributed by atoms with E-state index in [0.29, 0.717) is 41.7 Å². The number of anilines is 2. The molecule has 1 heterocycles. The van der Waals surface area contributed by atoms with Crippen molar-refractivity contribution < 1.29 is 19.0 Å². The van der Waals surface area contributed by atoms with Crippen LogP contribution in [-0.2, 0) is 4.79 Å². The van der Waals surface area contributed by atoms with Crippen LogP contribution in [0.15, 0.2) is 66.7 Å². The molecule has 3 aromatic carbocycles. The first-order chi connectivity index (χ1) is 15.6. The molecular formula is C26H26N2O4. The Balaban J connectivity index is 1.87. The van der Waals surface area contributed by atoms with E-state index in [0.717, 1.165) is 22.6 Å². The molecule has 4 rings (SSSR count). The Morgan fingerprint density at radius 1 is 0.906 bits per heavy atom. The molecule has 0 radical (unpaired) electrons. The number of carbonyl (C=O) groups is 1. The number of carbonyl (C=O) groups excluding carboxylic acids is 1. The van der Waals surface area contributed by atoms with Gasteiger partial charge in [-0.15, -0.1) is 0 Å². The largest absolute Gasteiger partial charge is 0.497 e. The zero-order valence-corrected chi connectivity index (χ0v) is 18.4. The minimum Gasteiger partial charge on any atom is -0.497 e. The van der Waals surface area contributed by atoms with Crippen molar-refractivity contribution in [2.24, 2.45) is 0 Å². The van der Waals surface area contributed by atoms with Gasteiger partial charge in [-0.2, -0.15) is 0 Å². The van der Waals surface area contributed by atoms with Crippen molar-refractivity contribution >= 4 is 28.6 Å². The summed E-state index contributed by atoms with van der Waals surface area (Å²) in [6.45, 7) is 4.83. The molecule has 0 unspecified atom stereocenters. The molecule has 0 bridgehead atoms. The molecular weight excluding hydrogens is 404 g/mol. The number of ether oxygens (including phenoxy) is 3. The van der Waals surface area contributed by atoms with Crippen LogP contribution in [0.25, 0.3) is 11.3 Å². The van der Waals surface area contributed by atoms with Crippen molar-refractivity contribution in [3.63, 3.8) is 0 Å². The Hall–Kier alpha value is -3.93. The molecule has 1 aliphatic rings. The van der Waals surface area contributed by atoms with E-state index in [1.165, 1.54) is 0 Å². The van der Waals surface area contributed by atoms with E-state index in [4.69, 9.17) is 14.2 Å². The summed E-state index contributed by atoms with van der Waals surface area (Å²) in [5, 5.41) is 6.42. The van der Waals surface area contributed by atoms with Crippen LogP contribution in [0.4, 0.5) is 11.4 Å². The molecule has 1 aliphatic heterocycles. The van der Waals surface area contributed by atoms with Gasteiger partial charge >= 0.3 is 0 Å². The minimum atomic E-state index is -0.184. The summed E-state index contributed by atoms with van der Waals surface area (Å²) in [7, 11) is 1.63. The van der Waals surface area contributed by atoms with Gasteiger partial charge in [-0.25, -0.2) is 0 Å². The first-order valence-corrected chi connectivity index (χ1v) is 10.6. The number of hydrogen-bond acceptors (Lipinski definition) is 5. The van der Waals surface area contributed by atoms with Gasteiger partial charge in [0.1, 0.15) is 5.75 Å². The number of amides is 1. The Labute approximate surface area is 187 Å². The third kappa shape index (κ3) is 4.25. The van der Waals surface area contributed by atoms with Crippen molar-refractivity contribution in [1.82, 2.24) is 0 Å². The maximum absolute atomic E-state index is 13.2. The smallest absolute Gasteiger partial charge is 0.258 e. The lowest BCUT2D eigenvalue weighted by Crippen LogP contribution is -2.10. The lowest BCUT2D eigenvalue weighted by Gasteiger charge is -2.16. The summed E-state index contributed by atoms with van der Waals surface area (Å²) < 4.78 is 16.8. The third-order valence-electron chi connectivity index (χ3n) is 5.10. The lowest BCUT2D eigenvalue weighted by molar-refractivity contribution is -0.110. The molecule has 3 aromatic rings. The fraction of sp³-hybridized carbons (Fsp3) is 0.192. The summed E-state index contributed by atoms with van der Waals surface area (Å²) in [5.74, 6) is 1.80. The van der Waals surface area contributed by atoms with Crippen LogP contribution in [0.3, 0.4) is 0 Å². The molecule has 32 heavy (non-hydrogen) atoms. The maximum atomic E-state index is 13.2. The molecule has 6 nitrogen and oxygen atoms in total. The minimum absolute atomic E-state index is 0.184. The quantitative estimate of drug-likeness (QED) is 0.467. The number of fused-ring (bicyclic) bond motifs is 1. The molecule has 0 saturated heterocycles. The Morgan fingerprint density at radius 2 is 1.56 bits per heavy atom. The zero-order valence-electron chi connectivity index (χ0n) is 18.4. The number of hydrogen-bond donors (Lipinski definition) is 2. The standard InChI is InChI=1S/C26H26N2O4/c1-4-31-22-15-20-21(16-23(22)32-5-2)28-26(29)24(20)25(17-9-7-6-8-10-17)27-18-11-13-19(30-3)14-12-18/h6-16,27H,4-5H2,1-3H3,(H,28,29). The molecule has 0 spiro atoms. The van der Waals surface area contributed by atoms with E-state index in [-0.39, 0.29) is 5.91 Å². The van der Waals surface area contributed by atoms with Crippen LogP contribution >= 0.6 is 0 Å². The average molecular weight is 431 g/mol. The molecule has 6 heteroatoms. The van der Waals surface area contributed by atoms with E-state index >= 15 is 0 Å². The van der Waals surface area contributed by atoms with E-state index in [9.17, 15) is 4.79 Å². The monoisotopic (exact) mass is 430 g/mol. The van der Waals surface area contributed by atoms with Gasteiger partial charge in [0.05, 0.1) is 37.3 Å². The normalized spacial score (nSPS) is 13.8. The Kier molecular flexibility index (Phi) is 6.31. The topological polar surface area (TPSA) is 68.8 Å². The Bertz CT molecular complexity index is 1140. The summed E-state index contributed by atoms with van der Waals surface area (Å²) in [6.07, 6.45) is 0. The van der Waals surface area contributed by atoms with Gasteiger partial charge in [0.25, 0.3) is 5.91 Å². The van der Waals surface area contributed by atoms with Gasteiger partial charge < -0.3 is 24.8 Å². The van der Waals surface area contributed by atoms with Crippen LogP contribution in [0, 0.1) is 0 Å². The van der Waals surface area contributed by atoms with Crippen molar-refractivity contribution in [2.45, 2.75) is 13.8 Å². The molecule has 1 amide bonds. The second kappa shape index (κ2) is 9.47. The van der Waals surface area contributed by atoms with Gasteiger partial charge in [0.2, 0.25) is 0 Å². The predicted molar refractivity (Wildman–Crippen MR) is 127 cm³/mol. The van der Waals surface area contributed by atoms with Gasteiger partial charge in [0.15, 0.2) is 11.5 Å². The second-order valence-corrected chi connectivity index (χ2v) is 7.13. The van der Waals surface area contributed by atoms with Crippen molar-refractivity contribution in [1.29, 1.82) is 0 Å². The van der Waals surface area contributed by atoms with Gasteiger partial charge in [-0.05, 0) is 49.7 Å². The lowest BCUT2D eigenvalue weighted by atomic mass is 9.99. The summed E-state index contributed by atoms with van der Waals surface area (Å²) in [4.78, 5) is 13.2. The first kappa shape index (κ1) is 21.3. The van der Waals surface area contributed by atoms with E-state index in [2.05, 4.69) is 10.6 Å². The molecule has 164 valence electrons. The van der Waals surface area contributed by atoms with Crippen LogP contribution in [-0.4, -0.2) is 26.2 Å². The summed E-state index contributed by atoms with van der Waals surface area (Å²) in [5.41, 5.74) is 4.45. The zero-order chi connectivity index (χ0) is 22.5. The van der Waals surface area contributed by atoms with Gasteiger partial charge in [-0.1, -0.05) is 30.3 Å². The highest BCUT2D eigenvalue weighted by Gasteiger charge is 2.30. The van der Waals surface area contributed by atoms with Gasteiger partial charge in [-0.3, -0.25) is 4.79 Å². The highest BCUT2D eigenvalue weighted by Crippen LogP contribution is 2.43. The van der Waals surface area contributed by atoms with E-state index in [1.807, 2.05) is 80.6 Å². The molecule has 2 N–H and O–H groups in total. The third-order valence-corrected chi connectivity index (χ3v) is 5.10. The predicted octanol–water partition coefficient (Wildman–Crippen LogP) is 5.43. The maximum Gasteiger partial charge on any atom is 0.258 e. The average Bonchev–Trinajstić information content (AvgIpc) is 3.13. The Morgan fingerprint density at radius 3 is 2.19 bits per heavy atom. The highest BCUT2D eigenvalue weighted by atomic mass is 16.5. The molecule has 0 aromatic heterocycles. The number of nitrogens with one attached hydrogen (secondary N) is 2. The molecule has 0 aliphatic carbocycles. The number of rotatable bonds is 8.